The van der Waals surface area contributed by atoms with Crippen LogP contribution in [0, 0.1) is 0 Å². The number of alkyl halides is 8. The van der Waals surface area contributed by atoms with Crippen molar-refractivity contribution >= 4 is 23.2 Å². The molecule has 0 unspecified atom stereocenters. The van der Waals surface area contributed by atoms with Crippen molar-refractivity contribution < 1.29 is 26.3 Å². The third-order valence-corrected chi connectivity index (χ3v) is 5.95. The van der Waals surface area contributed by atoms with E-state index >= 15 is 0 Å². The third kappa shape index (κ3) is 3.57. The molecule has 0 saturated carbocycles. The molecule has 0 atom stereocenters. The number of hydrogen-bond acceptors (Lipinski definition) is 8. The van der Waals surface area contributed by atoms with Crippen molar-refractivity contribution in [1.82, 2.24) is 0 Å². The second-order valence-electron chi connectivity index (χ2n) is 6.83. The monoisotopic (exact) mass is 508 g/mol. The summed E-state index contributed by atoms with van der Waals surface area (Å²) >= 11 is 13.3. The standard InChI is InChI=1S/C17H8Cl2F6N8/c18-17(19,13(26-30-31-27-13)9-3-1-5-11(7-9)15(20,21)22)14(28-32-33-29-14)10-4-2-6-12(8-10)16(23,24)25/h1-8H. The molecule has 2 aliphatic rings. The van der Waals surface area contributed by atoms with Crippen molar-refractivity contribution in [2.75, 3.05) is 0 Å². The first-order chi connectivity index (χ1) is 15.3. The number of nitrogens with zero attached hydrogens (tertiary/aromatic N) is 8. The quantitative estimate of drug-likeness (QED) is 0.300. The van der Waals surface area contributed by atoms with E-state index in [9.17, 15) is 26.3 Å². The summed E-state index contributed by atoms with van der Waals surface area (Å²) in [5.74, 6) is 0. The summed E-state index contributed by atoms with van der Waals surface area (Å²) in [7, 11) is 0. The van der Waals surface area contributed by atoms with E-state index in [1.54, 1.807) is 0 Å². The molecule has 2 aromatic rings. The first kappa shape index (κ1) is 23.2. The average Bonchev–Trinajstić information content (AvgIpc) is 3.44. The molecule has 4 rings (SSSR count). The van der Waals surface area contributed by atoms with E-state index in [2.05, 4.69) is 41.4 Å². The summed E-state index contributed by atoms with van der Waals surface area (Å²) in [6.07, 6.45) is -9.51. The maximum absolute atomic E-state index is 13.3. The van der Waals surface area contributed by atoms with Gasteiger partial charge >= 0.3 is 12.4 Å². The largest absolute Gasteiger partial charge is 0.416 e. The molecule has 2 heterocycles. The second-order valence-corrected chi connectivity index (χ2v) is 8.16. The molecular weight excluding hydrogens is 501 g/mol. The van der Waals surface area contributed by atoms with Crippen LogP contribution in [0.1, 0.15) is 22.3 Å². The Hall–Kier alpha value is -3.00. The molecule has 0 spiro atoms. The predicted octanol–water partition coefficient (Wildman–Crippen LogP) is 7.57. The van der Waals surface area contributed by atoms with Gasteiger partial charge < -0.3 is 0 Å². The summed E-state index contributed by atoms with van der Waals surface area (Å²) in [5.41, 5.74) is -7.62. The van der Waals surface area contributed by atoms with E-state index < -0.39 is 39.1 Å². The SMILES string of the molecule is FC(F)(F)c1cccc(C2(C(Cl)(Cl)C3(c4cccc(C(F)(F)F)c4)N=NN=N3)N=NN=N2)c1. The fourth-order valence-corrected chi connectivity index (χ4v) is 4.03. The van der Waals surface area contributed by atoms with Gasteiger partial charge in [0.15, 0.2) is 0 Å². The summed E-state index contributed by atoms with van der Waals surface area (Å²) in [5, 5.41) is 28.3. The van der Waals surface area contributed by atoms with Crippen LogP contribution in [0.3, 0.4) is 0 Å². The van der Waals surface area contributed by atoms with Gasteiger partial charge in [-0.3, -0.25) is 0 Å². The molecule has 0 amide bonds. The molecule has 33 heavy (non-hydrogen) atoms. The Morgan fingerprint density at radius 2 is 0.909 bits per heavy atom. The molecule has 0 saturated heterocycles. The van der Waals surface area contributed by atoms with Crippen molar-refractivity contribution in [2.24, 2.45) is 41.4 Å². The topological polar surface area (TPSA) is 98.9 Å². The van der Waals surface area contributed by atoms with Crippen LogP contribution in [0.25, 0.3) is 0 Å². The number of benzene rings is 2. The van der Waals surface area contributed by atoms with Crippen LogP contribution in [0.5, 0.6) is 0 Å². The van der Waals surface area contributed by atoms with E-state index in [0.717, 1.165) is 24.3 Å². The lowest BCUT2D eigenvalue weighted by atomic mass is 9.84. The van der Waals surface area contributed by atoms with Gasteiger partial charge in [0.05, 0.1) is 11.1 Å². The summed E-state index contributed by atoms with van der Waals surface area (Å²) < 4.78 is 77.3. The highest BCUT2D eigenvalue weighted by molar-refractivity contribution is 6.50. The molecular formula is C17H8Cl2F6N8. The van der Waals surface area contributed by atoms with Crippen molar-refractivity contribution in [3.05, 3.63) is 70.8 Å². The van der Waals surface area contributed by atoms with Gasteiger partial charge in [-0.1, -0.05) is 47.5 Å². The van der Waals surface area contributed by atoms with Gasteiger partial charge in [0.1, 0.15) is 0 Å². The average molecular weight is 509 g/mol. The first-order valence-electron chi connectivity index (χ1n) is 8.75. The molecule has 0 bridgehead atoms. The first-order valence-corrected chi connectivity index (χ1v) is 9.50. The van der Waals surface area contributed by atoms with E-state index in [-0.39, 0.29) is 11.1 Å². The minimum atomic E-state index is -4.75. The molecule has 0 N–H and O–H groups in total. The summed E-state index contributed by atoms with van der Waals surface area (Å²) in [4.78, 5) is 0. The molecule has 0 fully saturated rings. The van der Waals surface area contributed by atoms with Gasteiger partial charge in [-0.25, -0.2) is 0 Å². The fraction of sp³-hybridized carbons (Fsp3) is 0.294. The molecule has 0 aromatic heterocycles. The molecule has 16 heteroatoms. The van der Waals surface area contributed by atoms with Crippen LogP contribution in [0.4, 0.5) is 26.3 Å². The van der Waals surface area contributed by atoms with Gasteiger partial charge in [-0.2, -0.15) is 26.3 Å². The Morgan fingerprint density at radius 1 is 0.576 bits per heavy atom. The lowest BCUT2D eigenvalue weighted by molar-refractivity contribution is -0.138. The van der Waals surface area contributed by atoms with Gasteiger partial charge in [0.25, 0.3) is 11.3 Å². The number of halogens is 8. The van der Waals surface area contributed by atoms with Crippen LogP contribution >= 0.6 is 23.2 Å². The molecule has 0 radical (unpaired) electrons. The highest BCUT2D eigenvalue weighted by Crippen LogP contribution is 2.60. The third-order valence-electron chi connectivity index (χ3n) is 4.90. The minimum absolute atomic E-state index is 0.323. The normalized spacial score (nSPS) is 18.9. The zero-order valence-electron chi connectivity index (χ0n) is 15.7. The molecule has 172 valence electrons. The van der Waals surface area contributed by atoms with Crippen LogP contribution in [-0.2, 0) is 23.7 Å². The van der Waals surface area contributed by atoms with Crippen molar-refractivity contribution in [2.45, 2.75) is 28.0 Å². The highest BCUT2D eigenvalue weighted by Gasteiger charge is 2.69. The molecule has 0 aliphatic carbocycles. The van der Waals surface area contributed by atoms with Gasteiger partial charge in [0, 0.05) is 11.1 Å². The lowest BCUT2D eigenvalue weighted by Crippen LogP contribution is -2.53. The van der Waals surface area contributed by atoms with Crippen molar-refractivity contribution in [1.29, 1.82) is 0 Å². The zero-order chi connectivity index (χ0) is 24.1. The van der Waals surface area contributed by atoms with Crippen LogP contribution in [-0.4, -0.2) is 4.33 Å². The Bertz CT molecular complexity index is 1090. The zero-order valence-corrected chi connectivity index (χ0v) is 17.2. The van der Waals surface area contributed by atoms with E-state index in [1.165, 1.54) is 12.1 Å². The van der Waals surface area contributed by atoms with Crippen LogP contribution in [0.2, 0.25) is 0 Å². The maximum atomic E-state index is 13.3. The van der Waals surface area contributed by atoms with E-state index in [0.29, 0.717) is 12.1 Å². The fourth-order valence-electron chi connectivity index (χ4n) is 3.29. The smallest absolute Gasteiger partial charge is 0.166 e. The second kappa shape index (κ2) is 7.52. The molecule has 2 aromatic carbocycles. The highest BCUT2D eigenvalue weighted by atomic mass is 35.5. The summed E-state index contributed by atoms with van der Waals surface area (Å²) in [6.45, 7) is 0. The Morgan fingerprint density at radius 3 is 1.21 bits per heavy atom. The van der Waals surface area contributed by atoms with Gasteiger partial charge in [0.2, 0.25) is 4.33 Å². The minimum Gasteiger partial charge on any atom is -0.166 e. The van der Waals surface area contributed by atoms with Crippen molar-refractivity contribution in [3.8, 4) is 0 Å². The number of rotatable bonds is 4. The Balaban J connectivity index is 1.94. The van der Waals surface area contributed by atoms with Crippen LogP contribution < -0.4 is 0 Å². The van der Waals surface area contributed by atoms with Crippen LogP contribution in [0.15, 0.2) is 89.9 Å². The Kier molecular flexibility index (Phi) is 5.28. The molecule has 8 nitrogen and oxygen atoms in total. The Labute approximate surface area is 190 Å². The number of hydrogen-bond donors (Lipinski definition) is 0. The van der Waals surface area contributed by atoms with E-state index in [4.69, 9.17) is 23.2 Å². The predicted molar refractivity (Wildman–Crippen MR) is 100 cm³/mol. The lowest BCUT2D eigenvalue weighted by Gasteiger charge is -2.40. The molecule has 2 aliphatic heterocycles. The van der Waals surface area contributed by atoms with E-state index in [1.807, 2.05) is 0 Å². The maximum Gasteiger partial charge on any atom is 0.416 e. The van der Waals surface area contributed by atoms with Gasteiger partial charge in [-0.05, 0) is 45.2 Å². The van der Waals surface area contributed by atoms with Gasteiger partial charge in [-0.15, -0.1) is 20.5 Å². The van der Waals surface area contributed by atoms with Crippen molar-refractivity contribution in [3.63, 3.8) is 0 Å². The summed E-state index contributed by atoms with van der Waals surface area (Å²) in [6, 6.07) is 7.30.